The van der Waals surface area contributed by atoms with Crippen molar-refractivity contribution in [2.45, 2.75) is 49.7 Å². The molecule has 4 nitrogen and oxygen atoms in total. The van der Waals surface area contributed by atoms with Gasteiger partial charge in [-0.2, -0.15) is 0 Å². The summed E-state index contributed by atoms with van der Waals surface area (Å²) in [5.41, 5.74) is 0.797. The van der Waals surface area contributed by atoms with Crippen LogP contribution in [0.5, 0.6) is 11.5 Å². The van der Waals surface area contributed by atoms with Gasteiger partial charge in [-0.3, -0.25) is 4.79 Å². The SMILES string of the molecule is O=C(CSC12CC3CC(CC(C3)C1)C2)Nc1ccc2c(c1)OCCCO2. The summed E-state index contributed by atoms with van der Waals surface area (Å²) in [7, 11) is 0. The number of anilines is 1. The highest BCUT2D eigenvalue weighted by Crippen LogP contribution is 2.60. The number of rotatable bonds is 4. The maximum absolute atomic E-state index is 12.5. The van der Waals surface area contributed by atoms with Crippen molar-refractivity contribution in [1.82, 2.24) is 0 Å². The number of amides is 1. The zero-order valence-electron chi connectivity index (χ0n) is 15.2. The molecule has 1 N–H and O–H groups in total. The molecule has 0 spiro atoms. The van der Waals surface area contributed by atoms with Crippen LogP contribution in [-0.2, 0) is 4.79 Å². The summed E-state index contributed by atoms with van der Waals surface area (Å²) in [4.78, 5) is 12.5. The van der Waals surface area contributed by atoms with Gasteiger partial charge in [0.15, 0.2) is 11.5 Å². The van der Waals surface area contributed by atoms with E-state index in [4.69, 9.17) is 9.47 Å². The van der Waals surface area contributed by atoms with E-state index in [1.807, 2.05) is 30.0 Å². The van der Waals surface area contributed by atoms with Crippen molar-refractivity contribution in [3.63, 3.8) is 0 Å². The monoisotopic (exact) mass is 373 g/mol. The average Bonchev–Trinajstić information content (AvgIpc) is 2.84. The summed E-state index contributed by atoms with van der Waals surface area (Å²) < 4.78 is 11.8. The fourth-order valence-electron chi connectivity index (χ4n) is 5.86. The maximum Gasteiger partial charge on any atom is 0.234 e. The Labute approximate surface area is 159 Å². The summed E-state index contributed by atoms with van der Waals surface area (Å²) in [6.07, 6.45) is 9.23. The number of fused-ring (bicyclic) bond motifs is 1. The van der Waals surface area contributed by atoms with Gasteiger partial charge in [-0.25, -0.2) is 0 Å². The Morgan fingerprint density at radius 2 is 1.69 bits per heavy atom. The van der Waals surface area contributed by atoms with Gasteiger partial charge < -0.3 is 14.8 Å². The molecule has 0 aromatic heterocycles. The molecule has 5 heteroatoms. The first-order valence-corrected chi connectivity index (χ1v) is 11.0. The molecule has 140 valence electrons. The number of thioether (sulfide) groups is 1. The molecule has 4 fully saturated rings. The number of ether oxygens (including phenoxy) is 2. The number of hydrogen-bond acceptors (Lipinski definition) is 4. The number of nitrogens with one attached hydrogen (secondary N) is 1. The Morgan fingerprint density at radius 3 is 2.38 bits per heavy atom. The first kappa shape index (κ1) is 16.8. The predicted octanol–water partition coefficient (Wildman–Crippen LogP) is 4.49. The van der Waals surface area contributed by atoms with E-state index in [9.17, 15) is 4.79 Å². The van der Waals surface area contributed by atoms with Gasteiger partial charge in [-0.1, -0.05) is 0 Å². The van der Waals surface area contributed by atoms with E-state index in [2.05, 4.69) is 5.32 Å². The van der Waals surface area contributed by atoms with Crippen molar-refractivity contribution in [3.05, 3.63) is 18.2 Å². The second-order valence-electron chi connectivity index (χ2n) is 8.65. The minimum atomic E-state index is 0.0974. The lowest BCUT2D eigenvalue weighted by atomic mass is 9.56. The van der Waals surface area contributed by atoms with Crippen molar-refractivity contribution in [3.8, 4) is 11.5 Å². The third-order valence-electron chi connectivity index (χ3n) is 6.52. The van der Waals surface area contributed by atoms with Crippen LogP contribution < -0.4 is 14.8 Å². The van der Waals surface area contributed by atoms with E-state index >= 15 is 0 Å². The molecule has 4 aliphatic carbocycles. The zero-order valence-corrected chi connectivity index (χ0v) is 16.0. The Hall–Kier alpha value is -1.36. The number of hydrogen-bond donors (Lipinski definition) is 1. The van der Waals surface area contributed by atoms with Gasteiger partial charge in [0.2, 0.25) is 5.91 Å². The molecule has 4 saturated carbocycles. The van der Waals surface area contributed by atoms with Crippen LogP contribution in [0, 0.1) is 17.8 Å². The number of carbonyl (C=O) groups is 1. The topological polar surface area (TPSA) is 47.6 Å². The number of benzene rings is 1. The van der Waals surface area contributed by atoms with E-state index in [0.29, 0.717) is 23.7 Å². The first-order chi connectivity index (χ1) is 12.7. The Balaban J connectivity index is 1.20. The molecular formula is C21H27NO3S. The van der Waals surface area contributed by atoms with E-state index < -0.39 is 0 Å². The Kier molecular flexibility index (Phi) is 4.30. The molecule has 6 rings (SSSR count). The lowest BCUT2D eigenvalue weighted by molar-refractivity contribution is -0.113. The van der Waals surface area contributed by atoms with Crippen molar-refractivity contribution in [1.29, 1.82) is 0 Å². The van der Waals surface area contributed by atoms with Crippen LogP contribution in [0.25, 0.3) is 0 Å². The van der Waals surface area contributed by atoms with Crippen LogP contribution in [0.3, 0.4) is 0 Å². The van der Waals surface area contributed by atoms with Gasteiger partial charge in [-0.15, -0.1) is 11.8 Å². The van der Waals surface area contributed by atoms with Gasteiger partial charge in [0.05, 0.1) is 19.0 Å². The molecule has 26 heavy (non-hydrogen) atoms. The van der Waals surface area contributed by atoms with E-state index in [1.165, 1.54) is 38.5 Å². The van der Waals surface area contributed by atoms with Crippen LogP contribution in [0.2, 0.25) is 0 Å². The normalized spacial score (nSPS) is 34.4. The largest absolute Gasteiger partial charge is 0.490 e. The van der Waals surface area contributed by atoms with Crippen LogP contribution in [0.1, 0.15) is 44.9 Å². The highest BCUT2D eigenvalue weighted by molar-refractivity contribution is 8.01. The third kappa shape index (κ3) is 3.30. The summed E-state index contributed by atoms with van der Waals surface area (Å²) in [6, 6.07) is 5.68. The zero-order chi connectivity index (χ0) is 17.6. The average molecular weight is 374 g/mol. The lowest BCUT2D eigenvalue weighted by Gasteiger charge is -2.56. The second-order valence-corrected chi connectivity index (χ2v) is 10.1. The molecule has 1 heterocycles. The fraction of sp³-hybridized carbons (Fsp3) is 0.667. The van der Waals surface area contributed by atoms with Crippen molar-refractivity contribution in [2.75, 3.05) is 24.3 Å². The van der Waals surface area contributed by atoms with Crippen LogP contribution in [-0.4, -0.2) is 29.6 Å². The molecule has 1 aliphatic heterocycles. The van der Waals surface area contributed by atoms with E-state index in [1.54, 1.807) is 0 Å². The summed E-state index contributed by atoms with van der Waals surface area (Å²) in [5, 5.41) is 3.05. The molecule has 1 aromatic rings. The first-order valence-electron chi connectivity index (χ1n) is 10.0. The molecule has 4 bridgehead atoms. The van der Waals surface area contributed by atoms with E-state index in [0.717, 1.165) is 41.4 Å². The van der Waals surface area contributed by atoms with Crippen molar-refractivity contribution < 1.29 is 14.3 Å². The lowest BCUT2D eigenvalue weighted by Crippen LogP contribution is -2.49. The Bertz CT molecular complexity index is 669. The molecule has 5 aliphatic rings. The molecule has 0 saturated heterocycles. The summed E-state index contributed by atoms with van der Waals surface area (Å²) in [5.74, 6) is 4.94. The number of carbonyl (C=O) groups excluding carboxylic acids is 1. The van der Waals surface area contributed by atoms with Gasteiger partial charge in [0, 0.05) is 22.9 Å². The van der Waals surface area contributed by atoms with Crippen molar-refractivity contribution >= 4 is 23.4 Å². The highest BCUT2D eigenvalue weighted by Gasteiger charge is 2.51. The minimum Gasteiger partial charge on any atom is -0.490 e. The van der Waals surface area contributed by atoms with Crippen LogP contribution >= 0.6 is 11.8 Å². The Morgan fingerprint density at radius 1 is 1.04 bits per heavy atom. The van der Waals surface area contributed by atoms with Gasteiger partial charge in [0.1, 0.15) is 0 Å². The molecule has 0 radical (unpaired) electrons. The summed E-state index contributed by atoms with van der Waals surface area (Å²) >= 11 is 1.93. The van der Waals surface area contributed by atoms with Gasteiger partial charge in [0.25, 0.3) is 0 Å². The molecule has 0 atom stereocenters. The third-order valence-corrected chi connectivity index (χ3v) is 8.04. The van der Waals surface area contributed by atoms with Gasteiger partial charge in [-0.05, 0) is 68.4 Å². The van der Waals surface area contributed by atoms with Crippen molar-refractivity contribution in [2.24, 2.45) is 17.8 Å². The molecule has 0 unspecified atom stereocenters. The maximum atomic E-state index is 12.5. The summed E-state index contributed by atoms with van der Waals surface area (Å²) in [6.45, 7) is 1.34. The minimum absolute atomic E-state index is 0.0974. The van der Waals surface area contributed by atoms with E-state index in [-0.39, 0.29) is 5.91 Å². The molecule has 1 amide bonds. The smallest absolute Gasteiger partial charge is 0.234 e. The highest BCUT2D eigenvalue weighted by atomic mass is 32.2. The second kappa shape index (κ2) is 6.66. The van der Waals surface area contributed by atoms with Crippen LogP contribution in [0.15, 0.2) is 18.2 Å². The molecule has 1 aromatic carbocycles. The van der Waals surface area contributed by atoms with Gasteiger partial charge >= 0.3 is 0 Å². The standard InChI is InChI=1S/C21H27NO3S/c23-20(22-17-2-3-18-19(9-17)25-5-1-4-24-18)13-26-21-10-14-6-15(11-21)8-16(7-14)12-21/h2-3,9,14-16H,1,4-8,10-13H2,(H,22,23). The predicted molar refractivity (Wildman–Crippen MR) is 104 cm³/mol. The fourth-order valence-corrected chi connectivity index (χ4v) is 7.43. The molecular weight excluding hydrogens is 346 g/mol. The quantitative estimate of drug-likeness (QED) is 0.845. The van der Waals surface area contributed by atoms with Crippen LogP contribution in [0.4, 0.5) is 5.69 Å².